The van der Waals surface area contributed by atoms with Gasteiger partial charge in [0.15, 0.2) is 0 Å². The van der Waals surface area contributed by atoms with Gasteiger partial charge in [-0.05, 0) is 127 Å². The van der Waals surface area contributed by atoms with Crippen LogP contribution < -0.4 is 0 Å². The minimum atomic E-state index is -5.03. The van der Waals surface area contributed by atoms with Crippen LogP contribution >= 0.6 is 0 Å². The number of benzene rings is 2. The first kappa shape index (κ1) is 113. The van der Waals surface area contributed by atoms with E-state index in [2.05, 4.69) is 76.3 Å². The van der Waals surface area contributed by atoms with Gasteiger partial charge in [0.25, 0.3) is 0 Å². The van der Waals surface area contributed by atoms with Gasteiger partial charge in [0, 0.05) is 0 Å². The molecule has 117 heavy (non-hydrogen) atoms. The number of rotatable bonds is 82. The van der Waals surface area contributed by atoms with Gasteiger partial charge < -0.3 is 28.1 Å². The molecule has 17 heteroatoms. The number of unbranched alkanes of at least 4 members (excludes halogenated alkanes) is 60. The SMILES string of the molecule is CCCCCCCCCCCCCCCC/C=C/CCCOC(=O)c1cccc(S(=O)(=O)[O-])c1C(=O)OCCC/C=C/CCCCCCCCCCCCCCCC.CCCCCCCCCCCCCCCC/C=C/CCCOC(=O)c1cccc(S(=O)(=O)[O-])c1C(=O)OCCC/C=C/CCCCCCCCCCCCCCCC.[Ca+2]. The van der Waals surface area contributed by atoms with Crippen molar-refractivity contribution < 1.29 is 64.1 Å². The zero-order valence-corrected chi connectivity index (χ0v) is 79.1. The quantitative estimate of drug-likeness (QED) is 0.0150. The third kappa shape index (κ3) is 69.5. The summed E-state index contributed by atoms with van der Waals surface area (Å²) in [5.74, 6) is -3.73. The molecule has 2 rings (SSSR count). The van der Waals surface area contributed by atoms with E-state index in [0.717, 1.165) is 50.7 Å². The molecule has 0 atom stereocenters. The number of ether oxygens (including phenoxy) is 4. The Morgan fingerprint density at radius 2 is 0.393 bits per heavy atom. The van der Waals surface area contributed by atoms with Gasteiger partial charge in [-0.25, -0.2) is 36.0 Å². The molecule has 0 fully saturated rings. The van der Waals surface area contributed by atoms with E-state index < -0.39 is 65.0 Å². The average molecular weight is 1700 g/mol. The van der Waals surface area contributed by atoms with Crippen molar-refractivity contribution in [3.63, 3.8) is 0 Å². The maximum Gasteiger partial charge on any atom is 2.00 e. The molecule has 0 bridgehead atoms. The summed E-state index contributed by atoms with van der Waals surface area (Å²) in [5.41, 5.74) is -1.65. The van der Waals surface area contributed by atoms with E-state index in [1.165, 1.54) is 384 Å². The van der Waals surface area contributed by atoms with Crippen molar-refractivity contribution in [3.8, 4) is 0 Å². The van der Waals surface area contributed by atoms with Gasteiger partial charge in [-0.2, -0.15) is 0 Å². The molecule has 0 saturated carbocycles. The Morgan fingerprint density at radius 1 is 0.239 bits per heavy atom. The van der Waals surface area contributed by atoms with Gasteiger partial charge in [-0.15, -0.1) is 0 Å². The molecule has 0 N–H and O–H groups in total. The van der Waals surface area contributed by atoms with Crippen molar-refractivity contribution >= 4 is 81.9 Å². The number of allylic oxidation sites excluding steroid dienone is 8. The Bertz CT molecular complexity index is 2810. The first-order chi connectivity index (χ1) is 56.6. The molecule has 668 valence electrons. The molecule has 0 aliphatic rings. The Balaban J connectivity index is 0.00000228. The number of carbonyl (C=O) groups is 4. The van der Waals surface area contributed by atoms with Crippen LogP contribution in [0.15, 0.2) is 94.8 Å². The van der Waals surface area contributed by atoms with Gasteiger partial charge in [0.1, 0.15) is 20.2 Å². The summed E-state index contributed by atoms with van der Waals surface area (Å²) in [4.78, 5) is 50.4. The van der Waals surface area contributed by atoms with Crippen LogP contribution in [0, 0.1) is 0 Å². The molecule has 0 aliphatic heterocycles. The second kappa shape index (κ2) is 84.6. The fraction of sp³-hybridized carbons (Fsp3) is 0.760. The maximum atomic E-state index is 13.0. The van der Waals surface area contributed by atoms with Crippen molar-refractivity contribution in [2.75, 3.05) is 26.4 Å². The van der Waals surface area contributed by atoms with Crippen LogP contribution in [0.1, 0.15) is 506 Å². The summed E-state index contributed by atoms with van der Waals surface area (Å²) in [7, 11) is -10.1. The zero-order chi connectivity index (χ0) is 84.4. The van der Waals surface area contributed by atoms with Crippen molar-refractivity contribution in [1.82, 2.24) is 0 Å². The van der Waals surface area contributed by atoms with Crippen molar-refractivity contribution in [3.05, 3.63) is 107 Å². The number of esters is 4. The van der Waals surface area contributed by atoms with Crippen molar-refractivity contribution in [2.45, 2.75) is 474 Å². The first-order valence-electron chi connectivity index (χ1n) is 48.1. The fourth-order valence-corrected chi connectivity index (χ4v) is 16.2. The van der Waals surface area contributed by atoms with Crippen LogP contribution in [0.3, 0.4) is 0 Å². The minimum Gasteiger partial charge on any atom is -0.744 e. The Kier molecular flexibility index (Phi) is 81.9. The van der Waals surface area contributed by atoms with Crippen LogP contribution in [0.25, 0.3) is 0 Å². The van der Waals surface area contributed by atoms with Gasteiger partial charge >= 0.3 is 61.6 Å². The topological polar surface area (TPSA) is 220 Å². The molecule has 14 nitrogen and oxygen atoms in total. The van der Waals surface area contributed by atoms with Crippen LogP contribution in [-0.2, 0) is 39.2 Å². The summed E-state index contributed by atoms with van der Waals surface area (Å²) in [6, 6.07) is 7.17. The van der Waals surface area contributed by atoms with Crippen molar-refractivity contribution in [2.24, 2.45) is 0 Å². The van der Waals surface area contributed by atoms with Gasteiger partial charge in [-0.1, -0.05) is 422 Å². The van der Waals surface area contributed by atoms with Gasteiger partial charge in [0.2, 0.25) is 0 Å². The smallest absolute Gasteiger partial charge is 0.744 e. The largest absolute Gasteiger partial charge is 2.00 e. The Morgan fingerprint density at radius 3 is 0.564 bits per heavy atom. The molecule has 0 saturated heterocycles. The zero-order valence-electron chi connectivity index (χ0n) is 75.2. The molecule has 0 amide bonds. The summed E-state index contributed by atoms with van der Waals surface area (Å²) in [5, 5.41) is 0. The third-order valence-corrected chi connectivity index (χ3v) is 23.8. The molecule has 0 aliphatic carbocycles. The predicted octanol–water partition coefficient (Wildman–Crippen LogP) is 30.3. The third-order valence-electron chi connectivity index (χ3n) is 22.0. The summed E-state index contributed by atoms with van der Waals surface area (Å²) < 4.78 is 93.5. The van der Waals surface area contributed by atoms with E-state index in [0.29, 0.717) is 38.5 Å². The van der Waals surface area contributed by atoms with Crippen LogP contribution in [0.2, 0.25) is 0 Å². The van der Waals surface area contributed by atoms with E-state index in [1.54, 1.807) is 0 Å². The second-order valence-corrected chi connectivity index (χ2v) is 35.5. The Hall–Kier alpha value is -3.64. The van der Waals surface area contributed by atoms with Crippen LogP contribution in [0.5, 0.6) is 0 Å². The van der Waals surface area contributed by atoms with Crippen molar-refractivity contribution in [1.29, 1.82) is 0 Å². The van der Waals surface area contributed by atoms with E-state index in [1.807, 2.05) is 0 Å². The molecule has 0 spiro atoms. The minimum absolute atomic E-state index is 0. The number of hydrogen-bond acceptors (Lipinski definition) is 14. The van der Waals surface area contributed by atoms with Crippen LogP contribution in [-0.4, -0.2) is 114 Å². The molecule has 2 aromatic rings. The summed E-state index contributed by atoms with van der Waals surface area (Å²) >= 11 is 0. The Labute approximate surface area is 747 Å². The maximum absolute atomic E-state index is 13.0. The molecule has 2 aromatic carbocycles. The normalized spacial score (nSPS) is 11.8. The average Bonchev–Trinajstić information content (AvgIpc) is 0.796. The summed E-state index contributed by atoms with van der Waals surface area (Å²) in [6.07, 6.45) is 102. The van der Waals surface area contributed by atoms with E-state index in [-0.39, 0.29) is 75.3 Å². The number of carbonyl (C=O) groups excluding carboxylic acids is 4. The molecular formula is C100H170CaO14S2. The first-order valence-corrected chi connectivity index (χ1v) is 50.9. The molecule has 0 radical (unpaired) electrons. The standard InChI is InChI=1S/2C50H86O7S.Ca/c2*1-3-5-7-9-11-13-15-17-19-21-23-25-27-29-31-33-35-37-39-44-56-49(51)46-42-41-43-47(58(53,54)55)48(46)50(52)57-45-40-38-36-34-32-30-28-26-24-22-20-18-16-14-12-10-8-6-4-2;/h2*33-36,41-43H,3-32,37-40,44-45H2,1-2H3,(H,53,54,55);/q;;+2/p-2/b2*35-33+,36-34+;. The van der Waals surface area contributed by atoms with Gasteiger partial charge in [0.05, 0.1) is 58.5 Å². The monoisotopic (exact) mass is 1700 g/mol. The van der Waals surface area contributed by atoms with Gasteiger partial charge in [-0.3, -0.25) is 0 Å². The van der Waals surface area contributed by atoms with E-state index >= 15 is 0 Å². The molecule has 0 unspecified atom stereocenters. The number of hydrogen-bond donors (Lipinski definition) is 0. The second-order valence-electron chi connectivity index (χ2n) is 32.8. The molecule has 0 aromatic heterocycles. The summed E-state index contributed by atoms with van der Waals surface area (Å²) in [6.45, 7) is 9.36. The molecular weight excluding hydrogens is 1530 g/mol. The van der Waals surface area contributed by atoms with E-state index in [9.17, 15) is 45.1 Å². The predicted molar refractivity (Wildman–Crippen MR) is 489 cm³/mol. The fourth-order valence-electron chi connectivity index (χ4n) is 14.8. The van der Waals surface area contributed by atoms with Crippen LogP contribution in [0.4, 0.5) is 0 Å². The molecule has 0 heterocycles. The van der Waals surface area contributed by atoms with E-state index in [4.69, 9.17) is 18.9 Å².